The van der Waals surface area contributed by atoms with E-state index in [1.54, 1.807) is 0 Å². The third-order valence-corrected chi connectivity index (χ3v) is 1.31. The zero-order valence-corrected chi connectivity index (χ0v) is 6.52. The summed E-state index contributed by atoms with van der Waals surface area (Å²) < 4.78 is 60.3. The van der Waals surface area contributed by atoms with Crippen molar-refractivity contribution < 1.29 is 22.0 Å². The Balaban J connectivity index is 3.10. The molecule has 0 saturated heterocycles. The quantitative estimate of drug-likeness (QED) is 0.722. The van der Waals surface area contributed by atoms with E-state index >= 15 is 0 Å². The summed E-state index contributed by atoms with van der Waals surface area (Å²) in [6, 6.07) is 0. The van der Waals surface area contributed by atoms with Gasteiger partial charge < -0.3 is 5.73 Å². The van der Waals surface area contributed by atoms with E-state index in [4.69, 9.17) is 5.73 Å². The van der Waals surface area contributed by atoms with Crippen LogP contribution in [0.5, 0.6) is 0 Å². The fraction of sp³-hybridized carbons (Fsp3) is 0.333. The maximum absolute atomic E-state index is 12.5. The lowest BCUT2D eigenvalue weighted by atomic mass is 10.3. The summed E-state index contributed by atoms with van der Waals surface area (Å²) in [5.41, 5.74) is 4.94. The van der Waals surface area contributed by atoms with Gasteiger partial charge in [0.2, 0.25) is 5.82 Å². The van der Waals surface area contributed by atoms with Crippen LogP contribution >= 0.6 is 0 Å². The molecule has 0 spiro atoms. The van der Waals surface area contributed by atoms with Crippen molar-refractivity contribution in [3.63, 3.8) is 0 Å². The van der Waals surface area contributed by atoms with Gasteiger partial charge in [0.05, 0.1) is 18.1 Å². The van der Waals surface area contributed by atoms with Gasteiger partial charge in [0, 0.05) is 0 Å². The van der Waals surface area contributed by atoms with Crippen LogP contribution in [0.1, 0.15) is 5.82 Å². The molecule has 1 aromatic heterocycles. The first-order valence-corrected chi connectivity index (χ1v) is 3.27. The van der Waals surface area contributed by atoms with E-state index in [-0.39, 0.29) is 5.69 Å². The maximum atomic E-state index is 12.5. The summed E-state index contributed by atoms with van der Waals surface area (Å²) >= 11 is 0. The Kier molecular flexibility index (Phi) is 2.30. The number of nitrogen functional groups attached to an aromatic ring is 1. The van der Waals surface area contributed by atoms with E-state index in [9.17, 15) is 22.0 Å². The minimum Gasteiger partial charge on any atom is -0.396 e. The number of aromatic nitrogens is 2. The number of hydrogen-bond donors (Lipinski definition) is 1. The molecule has 0 amide bonds. The average Bonchev–Trinajstić information content (AvgIpc) is 2.03. The summed E-state index contributed by atoms with van der Waals surface area (Å²) in [6.45, 7) is 0. The van der Waals surface area contributed by atoms with Crippen molar-refractivity contribution >= 4 is 5.69 Å². The highest BCUT2D eigenvalue weighted by Crippen LogP contribution is 2.41. The molecule has 0 aromatic carbocycles. The highest BCUT2D eigenvalue weighted by Gasteiger charge is 2.61. The Bertz CT molecular complexity index is 317. The van der Waals surface area contributed by atoms with Gasteiger partial charge in [-0.1, -0.05) is 0 Å². The fourth-order valence-corrected chi connectivity index (χ4v) is 0.627. The predicted molar refractivity (Wildman–Crippen MR) is 36.4 cm³/mol. The molecule has 0 aliphatic heterocycles. The molecule has 3 nitrogen and oxygen atoms in total. The van der Waals surface area contributed by atoms with Crippen LogP contribution in [0.4, 0.5) is 27.6 Å². The average molecular weight is 213 g/mol. The number of nitrogens with two attached hydrogens (primary N) is 1. The van der Waals surface area contributed by atoms with Gasteiger partial charge in [-0.3, -0.25) is 0 Å². The van der Waals surface area contributed by atoms with E-state index in [1.807, 2.05) is 0 Å². The molecule has 0 bridgehead atoms. The Hall–Kier alpha value is -1.47. The van der Waals surface area contributed by atoms with Crippen LogP contribution in [0.3, 0.4) is 0 Å². The number of rotatable bonds is 1. The summed E-state index contributed by atoms with van der Waals surface area (Å²) in [5.74, 6) is -6.67. The second-order valence-electron chi connectivity index (χ2n) is 2.41. The first-order valence-electron chi connectivity index (χ1n) is 3.27. The molecule has 0 atom stereocenters. The summed E-state index contributed by atoms with van der Waals surface area (Å²) in [5, 5.41) is 0. The maximum Gasteiger partial charge on any atom is 0.461 e. The highest BCUT2D eigenvalue weighted by molar-refractivity contribution is 5.30. The van der Waals surface area contributed by atoms with Crippen molar-refractivity contribution in [3.05, 3.63) is 18.2 Å². The Morgan fingerprint density at radius 1 is 1.00 bits per heavy atom. The van der Waals surface area contributed by atoms with Gasteiger partial charge in [0.15, 0.2) is 0 Å². The molecular formula is C6H4F5N3. The Morgan fingerprint density at radius 3 is 1.79 bits per heavy atom. The normalized spacial score (nSPS) is 12.9. The second kappa shape index (κ2) is 3.03. The SMILES string of the molecule is Nc1cnc(C(F)(F)C(F)(F)F)nc1. The third kappa shape index (κ3) is 1.73. The molecule has 0 unspecified atom stereocenters. The molecule has 0 fully saturated rings. The predicted octanol–water partition coefficient (Wildman–Crippen LogP) is 1.71. The molecule has 0 aliphatic carbocycles. The number of halogens is 5. The molecule has 0 saturated carbocycles. The van der Waals surface area contributed by atoms with Crippen LogP contribution in [-0.4, -0.2) is 16.1 Å². The van der Waals surface area contributed by atoms with E-state index in [1.165, 1.54) is 0 Å². The molecule has 14 heavy (non-hydrogen) atoms. The minimum absolute atomic E-state index is 0.0910. The first-order chi connectivity index (χ1) is 6.25. The van der Waals surface area contributed by atoms with Crippen molar-refractivity contribution in [1.82, 2.24) is 9.97 Å². The van der Waals surface area contributed by atoms with Crippen molar-refractivity contribution in [2.75, 3.05) is 5.73 Å². The van der Waals surface area contributed by atoms with Gasteiger partial charge in [0.1, 0.15) is 0 Å². The minimum atomic E-state index is -5.71. The van der Waals surface area contributed by atoms with Crippen molar-refractivity contribution in [2.45, 2.75) is 12.1 Å². The van der Waals surface area contributed by atoms with Gasteiger partial charge in [-0.05, 0) is 0 Å². The van der Waals surface area contributed by atoms with Crippen LogP contribution in [0.15, 0.2) is 12.4 Å². The lowest BCUT2D eigenvalue weighted by Crippen LogP contribution is -2.35. The summed E-state index contributed by atoms with van der Waals surface area (Å²) in [6.07, 6.45) is -4.34. The first kappa shape index (κ1) is 10.6. The van der Waals surface area contributed by atoms with Gasteiger partial charge >= 0.3 is 12.1 Å². The van der Waals surface area contributed by atoms with Gasteiger partial charge in [-0.15, -0.1) is 0 Å². The monoisotopic (exact) mass is 213 g/mol. The topological polar surface area (TPSA) is 51.8 Å². The van der Waals surface area contributed by atoms with Crippen molar-refractivity contribution in [3.8, 4) is 0 Å². The van der Waals surface area contributed by atoms with Gasteiger partial charge in [0.25, 0.3) is 0 Å². The summed E-state index contributed by atoms with van der Waals surface area (Å²) in [7, 11) is 0. The van der Waals surface area contributed by atoms with Crippen LogP contribution in [0.25, 0.3) is 0 Å². The second-order valence-corrected chi connectivity index (χ2v) is 2.41. The van der Waals surface area contributed by atoms with Gasteiger partial charge in [-0.25, -0.2) is 9.97 Å². The molecule has 1 heterocycles. The van der Waals surface area contributed by atoms with Crippen LogP contribution in [0.2, 0.25) is 0 Å². The fourth-order valence-electron chi connectivity index (χ4n) is 0.627. The smallest absolute Gasteiger partial charge is 0.396 e. The summed E-state index contributed by atoms with van der Waals surface area (Å²) in [4.78, 5) is 5.62. The zero-order valence-electron chi connectivity index (χ0n) is 6.52. The van der Waals surface area contributed by atoms with Crippen LogP contribution < -0.4 is 5.73 Å². The largest absolute Gasteiger partial charge is 0.461 e. The Labute approximate surface area is 74.8 Å². The Morgan fingerprint density at radius 2 is 1.43 bits per heavy atom. The lowest BCUT2D eigenvalue weighted by molar-refractivity contribution is -0.292. The van der Waals surface area contributed by atoms with Crippen molar-refractivity contribution in [1.29, 1.82) is 0 Å². The van der Waals surface area contributed by atoms with E-state index in [2.05, 4.69) is 9.97 Å². The van der Waals surface area contributed by atoms with Crippen LogP contribution in [0, 0.1) is 0 Å². The molecule has 78 valence electrons. The molecule has 0 radical (unpaired) electrons. The molecule has 1 aromatic rings. The third-order valence-electron chi connectivity index (χ3n) is 1.31. The van der Waals surface area contributed by atoms with Crippen molar-refractivity contribution in [2.24, 2.45) is 0 Å². The molecular weight excluding hydrogens is 209 g/mol. The number of nitrogens with zero attached hydrogens (tertiary/aromatic N) is 2. The molecule has 0 aliphatic rings. The molecule has 8 heteroatoms. The van der Waals surface area contributed by atoms with E-state index in [0.29, 0.717) is 12.4 Å². The molecule has 1 rings (SSSR count). The van der Waals surface area contributed by atoms with Crippen LogP contribution in [-0.2, 0) is 5.92 Å². The number of alkyl halides is 5. The number of anilines is 1. The number of hydrogen-bond acceptors (Lipinski definition) is 3. The van der Waals surface area contributed by atoms with E-state index < -0.39 is 17.9 Å². The standard InChI is InChI=1S/C6H4F5N3/c7-5(8,6(9,10)11)4-13-1-3(12)2-14-4/h1-2H,12H2. The lowest BCUT2D eigenvalue weighted by Gasteiger charge is -2.17. The zero-order chi connectivity index (χ0) is 11.0. The van der Waals surface area contributed by atoms with Gasteiger partial charge in [-0.2, -0.15) is 22.0 Å². The molecule has 2 N–H and O–H groups in total. The van der Waals surface area contributed by atoms with E-state index in [0.717, 1.165) is 0 Å². The highest BCUT2D eigenvalue weighted by atomic mass is 19.4.